The van der Waals surface area contributed by atoms with Gasteiger partial charge >= 0.3 is 0 Å². The predicted octanol–water partition coefficient (Wildman–Crippen LogP) is 3.00. The molecular formula is C32H48N2O8. The fraction of sp³-hybridized carbons (Fsp3) is 0.625. The molecule has 0 spiro atoms. The van der Waals surface area contributed by atoms with Crippen LogP contribution in [-0.4, -0.2) is 111 Å². The zero-order valence-electron chi connectivity index (χ0n) is 25.3. The Labute approximate surface area is 250 Å². The Morgan fingerprint density at radius 3 is 2.43 bits per heavy atom. The van der Waals surface area contributed by atoms with E-state index >= 15 is 0 Å². The highest BCUT2D eigenvalue weighted by Crippen LogP contribution is 2.35. The van der Waals surface area contributed by atoms with E-state index in [-0.39, 0.29) is 31.3 Å². The van der Waals surface area contributed by atoms with Crippen LogP contribution in [0.5, 0.6) is 11.5 Å². The summed E-state index contributed by atoms with van der Waals surface area (Å²) in [6.07, 6.45) is 0.786. The molecular weight excluding hydrogens is 540 g/mol. The van der Waals surface area contributed by atoms with Gasteiger partial charge in [0.2, 0.25) is 0 Å². The number of methoxy groups -OCH3 is 3. The standard InChI is InChI=1S/C32H48N2O8/c1-36-14-4-12-34-13-17-40-29-11-6-24(18-28(29)34)21-41-30-19-33-20-31(42-23-26(35)22-38-3)32(30)25-7-9-27(10-8-25)39-16-5-15-37-2/h6-11,18,26,30-33,35H,4-5,12-17,19-23H2,1-3H3/t26-,30-,31+,32+/m0/s1. The molecule has 234 valence electrons. The molecule has 0 saturated carbocycles. The van der Waals surface area contributed by atoms with Crippen LogP contribution in [0.2, 0.25) is 0 Å². The van der Waals surface area contributed by atoms with E-state index in [2.05, 4.69) is 34.5 Å². The molecule has 4 atom stereocenters. The molecule has 2 heterocycles. The number of hydrogen-bond acceptors (Lipinski definition) is 10. The maximum atomic E-state index is 10.2. The Morgan fingerprint density at radius 1 is 0.905 bits per heavy atom. The Balaban J connectivity index is 1.46. The van der Waals surface area contributed by atoms with Gasteiger partial charge in [-0.05, 0) is 41.8 Å². The summed E-state index contributed by atoms with van der Waals surface area (Å²) in [5.41, 5.74) is 3.31. The van der Waals surface area contributed by atoms with Crippen molar-refractivity contribution in [2.24, 2.45) is 0 Å². The van der Waals surface area contributed by atoms with E-state index in [0.29, 0.717) is 39.5 Å². The Morgan fingerprint density at radius 2 is 1.67 bits per heavy atom. The molecule has 2 aliphatic heterocycles. The molecule has 0 aromatic heterocycles. The van der Waals surface area contributed by atoms with Crippen molar-refractivity contribution >= 4 is 5.69 Å². The number of nitrogens with zero attached hydrogens (tertiary/aromatic N) is 1. The van der Waals surface area contributed by atoms with E-state index < -0.39 is 6.10 Å². The molecule has 2 aromatic carbocycles. The molecule has 0 radical (unpaired) electrons. The molecule has 0 amide bonds. The second-order valence-electron chi connectivity index (χ2n) is 10.8. The lowest BCUT2D eigenvalue weighted by Crippen LogP contribution is -2.51. The first-order chi connectivity index (χ1) is 20.6. The fourth-order valence-electron chi connectivity index (χ4n) is 5.51. The molecule has 10 nitrogen and oxygen atoms in total. The van der Waals surface area contributed by atoms with Crippen molar-refractivity contribution in [3.05, 3.63) is 53.6 Å². The number of hydrogen-bond donors (Lipinski definition) is 2. The lowest BCUT2D eigenvalue weighted by Gasteiger charge is -2.39. The molecule has 0 aliphatic carbocycles. The van der Waals surface area contributed by atoms with Gasteiger partial charge in [0.15, 0.2) is 0 Å². The van der Waals surface area contributed by atoms with Gasteiger partial charge in [0.1, 0.15) is 24.2 Å². The van der Waals surface area contributed by atoms with Crippen molar-refractivity contribution in [2.45, 2.75) is 43.7 Å². The summed E-state index contributed by atoms with van der Waals surface area (Å²) in [7, 11) is 5.00. The first-order valence-electron chi connectivity index (χ1n) is 14.9. The molecule has 2 aliphatic rings. The molecule has 2 aromatic rings. The van der Waals surface area contributed by atoms with E-state index in [1.54, 1.807) is 21.3 Å². The summed E-state index contributed by atoms with van der Waals surface area (Å²) in [5.74, 6) is 1.70. The van der Waals surface area contributed by atoms with Crippen molar-refractivity contribution in [2.75, 3.05) is 92.0 Å². The Hall–Kier alpha value is -2.44. The highest BCUT2D eigenvalue weighted by atomic mass is 16.5. The average Bonchev–Trinajstić information content (AvgIpc) is 3.02. The molecule has 0 unspecified atom stereocenters. The lowest BCUT2D eigenvalue weighted by molar-refractivity contribution is -0.0856. The van der Waals surface area contributed by atoms with Gasteiger partial charge in [0.05, 0.1) is 50.9 Å². The van der Waals surface area contributed by atoms with E-state index in [0.717, 1.165) is 60.9 Å². The third-order valence-corrected chi connectivity index (χ3v) is 7.60. The monoisotopic (exact) mass is 588 g/mol. The van der Waals surface area contributed by atoms with Gasteiger partial charge in [0.25, 0.3) is 0 Å². The highest BCUT2D eigenvalue weighted by molar-refractivity contribution is 5.61. The summed E-state index contributed by atoms with van der Waals surface area (Å²) in [4.78, 5) is 2.36. The Bertz CT molecular complexity index is 1040. The average molecular weight is 589 g/mol. The second-order valence-corrected chi connectivity index (χ2v) is 10.8. The summed E-state index contributed by atoms with van der Waals surface area (Å²) in [6.45, 7) is 6.69. The number of fused-ring (bicyclic) bond motifs is 1. The SMILES string of the molecule is COCCCOc1ccc([C@@H]2[C@@H](OCc3ccc4c(c3)N(CCCOC)CCO4)CNC[C@H]2OC[C@@H](O)COC)cc1. The lowest BCUT2D eigenvalue weighted by atomic mass is 9.85. The quantitative estimate of drug-likeness (QED) is 0.253. The van der Waals surface area contributed by atoms with Crippen LogP contribution in [0, 0.1) is 0 Å². The van der Waals surface area contributed by atoms with Crippen LogP contribution in [0.4, 0.5) is 5.69 Å². The molecule has 42 heavy (non-hydrogen) atoms. The molecule has 10 heteroatoms. The first kappa shape index (κ1) is 32.5. The van der Waals surface area contributed by atoms with Gasteiger partial charge in [-0.2, -0.15) is 0 Å². The van der Waals surface area contributed by atoms with Crippen LogP contribution in [0.3, 0.4) is 0 Å². The minimum absolute atomic E-state index is 0.0324. The van der Waals surface area contributed by atoms with Crippen LogP contribution in [-0.2, 0) is 30.3 Å². The van der Waals surface area contributed by atoms with Gasteiger partial charge in [-0.1, -0.05) is 18.2 Å². The fourth-order valence-corrected chi connectivity index (χ4v) is 5.51. The summed E-state index contributed by atoms with van der Waals surface area (Å²) in [5, 5.41) is 13.7. The number of ether oxygens (including phenoxy) is 7. The van der Waals surface area contributed by atoms with E-state index in [1.807, 2.05) is 18.2 Å². The number of anilines is 1. The van der Waals surface area contributed by atoms with Crippen molar-refractivity contribution in [1.82, 2.24) is 5.32 Å². The van der Waals surface area contributed by atoms with Crippen LogP contribution in [0.25, 0.3) is 0 Å². The molecule has 1 saturated heterocycles. The minimum Gasteiger partial charge on any atom is -0.494 e. The number of aliphatic hydroxyl groups excluding tert-OH is 1. The number of aliphatic hydroxyl groups is 1. The third kappa shape index (κ3) is 9.54. The normalized spacial score (nSPS) is 21.0. The van der Waals surface area contributed by atoms with Crippen LogP contribution >= 0.6 is 0 Å². The number of piperidine rings is 1. The van der Waals surface area contributed by atoms with E-state index in [4.69, 9.17) is 33.2 Å². The second kappa shape index (κ2) is 17.6. The molecule has 0 bridgehead atoms. The smallest absolute Gasteiger partial charge is 0.142 e. The van der Waals surface area contributed by atoms with Crippen molar-refractivity contribution < 1.29 is 38.3 Å². The third-order valence-electron chi connectivity index (χ3n) is 7.60. The Kier molecular flexibility index (Phi) is 13.6. The van der Waals surface area contributed by atoms with Crippen molar-refractivity contribution in [3.8, 4) is 11.5 Å². The highest BCUT2D eigenvalue weighted by Gasteiger charge is 2.36. The zero-order chi connectivity index (χ0) is 29.6. The van der Waals surface area contributed by atoms with Gasteiger partial charge in [-0.25, -0.2) is 0 Å². The largest absolute Gasteiger partial charge is 0.494 e. The van der Waals surface area contributed by atoms with E-state index in [9.17, 15) is 5.11 Å². The number of benzene rings is 2. The van der Waals surface area contributed by atoms with Crippen molar-refractivity contribution in [1.29, 1.82) is 0 Å². The first-order valence-corrected chi connectivity index (χ1v) is 14.9. The van der Waals surface area contributed by atoms with Crippen LogP contribution in [0.1, 0.15) is 29.9 Å². The predicted molar refractivity (Wildman–Crippen MR) is 161 cm³/mol. The summed E-state index contributed by atoms with van der Waals surface area (Å²) in [6, 6.07) is 14.5. The maximum Gasteiger partial charge on any atom is 0.142 e. The van der Waals surface area contributed by atoms with Gasteiger partial charge in [-0.3, -0.25) is 0 Å². The van der Waals surface area contributed by atoms with Gasteiger partial charge < -0.3 is 48.5 Å². The summed E-state index contributed by atoms with van der Waals surface area (Å²) >= 11 is 0. The maximum absolute atomic E-state index is 10.2. The van der Waals surface area contributed by atoms with Crippen LogP contribution < -0.4 is 19.7 Å². The molecule has 2 N–H and O–H groups in total. The van der Waals surface area contributed by atoms with E-state index in [1.165, 1.54) is 0 Å². The van der Waals surface area contributed by atoms with Gasteiger partial charge in [-0.15, -0.1) is 0 Å². The number of rotatable bonds is 18. The minimum atomic E-state index is -0.690. The van der Waals surface area contributed by atoms with Crippen molar-refractivity contribution in [3.63, 3.8) is 0 Å². The molecule has 1 fully saturated rings. The topological polar surface area (TPSA) is 100 Å². The summed E-state index contributed by atoms with van der Waals surface area (Å²) < 4.78 is 40.1. The van der Waals surface area contributed by atoms with Crippen LogP contribution in [0.15, 0.2) is 42.5 Å². The van der Waals surface area contributed by atoms with Gasteiger partial charge in [0, 0.05) is 66.5 Å². The molecule has 4 rings (SSSR count). The number of nitrogens with one attached hydrogen (secondary N) is 1. The zero-order valence-corrected chi connectivity index (χ0v) is 25.3.